The van der Waals surface area contributed by atoms with Gasteiger partial charge < -0.3 is 9.84 Å². The van der Waals surface area contributed by atoms with Crippen LogP contribution in [0.5, 0.6) is 0 Å². The summed E-state index contributed by atoms with van der Waals surface area (Å²) in [6.07, 6.45) is 5.80. The molecule has 0 bridgehead atoms. The van der Waals surface area contributed by atoms with E-state index in [4.69, 9.17) is 4.52 Å². The maximum absolute atomic E-state index is 4.91. The second kappa shape index (κ2) is 5.37. The van der Waals surface area contributed by atoms with Crippen molar-refractivity contribution in [3.63, 3.8) is 0 Å². The second-order valence-electron chi connectivity index (χ2n) is 3.55. The Morgan fingerprint density at radius 2 is 2.44 bits per heavy atom. The first kappa shape index (κ1) is 10.8. The Balaban J connectivity index is 1.78. The Morgan fingerprint density at radius 1 is 1.50 bits per heavy atom. The number of rotatable bonds is 5. The van der Waals surface area contributed by atoms with E-state index in [1.165, 1.54) is 11.9 Å². The Bertz CT molecular complexity index is 401. The molecule has 0 aromatic carbocycles. The van der Waals surface area contributed by atoms with Gasteiger partial charge in [0.15, 0.2) is 6.33 Å². The van der Waals surface area contributed by atoms with E-state index in [-0.39, 0.29) is 6.04 Å². The van der Waals surface area contributed by atoms with Crippen LogP contribution in [0.15, 0.2) is 35.4 Å². The van der Waals surface area contributed by atoms with Gasteiger partial charge in [0, 0.05) is 31.4 Å². The van der Waals surface area contributed by atoms with Crippen molar-refractivity contribution in [2.45, 2.75) is 19.4 Å². The van der Waals surface area contributed by atoms with E-state index in [1.807, 2.05) is 12.3 Å². The molecule has 0 aliphatic carbocycles. The third kappa shape index (κ3) is 2.87. The van der Waals surface area contributed by atoms with Gasteiger partial charge in [0.2, 0.25) is 5.89 Å². The predicted molar refractivity (Wildman–Crippen MR) is 58.7 cm³/mol. The Morgan fingerprint density at radius 3 is 3.12 bits per heavy atom. The summed E-state index contributed by atoms with van der Waals surface area (Å²) in [5.74, 6) is 0.658. The third-order valence-electron chi connectivity index (χ3n) is 2.38. The van der Waals surface area contributed by atoms with E-state index >= 15 is 0 Å². The molecule has 2 heterocycles. The normalized spacial score (nSPS) is 12.6. The van der Waals surface area contributed by atoms with Gasteiger partial charge in [0.25, 0.3) is 0 Å². The minimum atomic E-state index is 0.275. The van der Waals surface area contributed by atoms with Crippen LogP contribution in [-0.4, -0.2) is 21.7 Å². The molecule has 84 valence electrons. The van der Waals surface area contributed by atoms with Crippen LogP contribution in [0, 0.1) is 0 Å². The Labute approximate surface area is 93.9 Å². The summed E-state index contributed by atoms with van der Waals surface area (Å²) >= 11 is 0. The average Bonchev–Trinajstić information content (AvgIpc) is 2.83. The summed E-state index contributed by atoms with van der Waals surface area (Å²) in [6.45, 7) is 2.91. The van der Waals surface area contributed by atoms with E-state index in [2.05, 4.69) is 33.4 Å². The predicted octanol–water partition coefficient (Wildman–Crippen LogP) is 1.36. The molecule has 2 aromatic rings. The van der Waals surface area contributed by atoms with Crippen LogP contribution in [0.4, 0.5) is 0 Å². The summed E-state index contributed by atoms with van der Waals surface area (Å²) < 4.78 is 4.91. The molecule has 0 aliphatic rings. The van der Waals surface area contributed by atoms with Crippen molar-refractivity contribution in [2.75, 3.05) is 6.54 Å². The van der Waals surface area contributed by atoms with Crippen LogP contribution in [0.3, 0.4) is 0 Å². The number of nitrogens with zero attached hydrogens (tertiary/aromatic N) is 3. The molecular formula is C11H14N4O. The van der Waals surface area contributed by atoms with E-state index in [1.54, 1.807) is 6.20 Å². The molecule has 16 heavy (non-hydrogen) atoms. The van der Waals surface area contributed by atoms with Crippen LogP contribution < -0.4 is 5.32 Å². The molecule has 1 atom stereocenters. The Hall–Kier alpha value is -1.75. The highest BCUT2D eigenvalue weighted by atomic mass is 16.5. The lowest BCUT2D eigenvalue weighted by atomic mass is 10.1. The zero-order chi connectivity index (χ0) is 11.2. The third-order valence-corrected chi connectivity index (χ3v) is 2.38. The summed E-state index contributed by atoms with van der Waals surface area (Å²) in [5.41, 5.74) is 1.17. The lowest BCUT2D eigenvalue weighted by Crippen LogP contribution is -2.21. The zero-order valence-corrected chi connectivity index (χ0v) is 9.13. The molecule has 0 saturated heterocycles. The van der Waals surface area contributed by atoms with E-state index in [0.29, 0.717) is 5.89 Å². The number of pyridine rings is 1. The van der Waals surface area contributed by atoms with Gasteiger partial charge >= 0.3 is 0 Å². The molecule has 1 unspecified atom stereocenters. The second-order valence-corrected chi connectivity index (χ2v) is 3.55. The minimum absolute atomic E-state index is 0.275. The summed E-state index contributed by atoms with van der Waals surface area (Å²) in [4.78, 5) is 8.04. The maximum Gasteiger partial charge on any atom is 0.227 e. The molecule has 1 N–H and O–H groups in total. The summed E-state index contributed by atoms with van der Waals surface area (Å²) in [5, 5.41) is 6.92. The zero-order valence-electron chi connectivity index (χ0n) is 9.13. The number of hydrogen-bond acceptors (Lipinski definition) is 5. The van der Waals surface area contributed by atoms with Gasteiger partial charge in [-0.1, -0.05) is 11.2 Å². The molecule has 2 rings (SSSR count). The first-order valence-electron chi connectivity index (χ1n) is 5.25. The minimum Gasteiger partial charge on any atom is -0.340 e. The smallest absolute Gasteiger partial charge is 0.227 e. The highest BCUT2D eigenvalue weighted by Crippen LogP contribution is 2.09. The lowest BCUT2D eigenvalue weighted by Gasteiger charge is -2.12. The average molecular weight is 218 g/mol. The van der Waals surface area contributed by atoms with Crippen molar-refractivity contribution in [3.05, 3.63) is 42.3 Å². The molecule has 2 aromatic heterocycles. The molecule has 0 amide bonds. The maximum atomic E-state index is 4.91. The van der Waals surface area contributed by atoms with Crippen molar-refractivity contribution in [1.29, 1.82) is 0 Å². The van der Waals surface area contributed by atoms with Crippen LogP contribution in [-0.2, 0) is 6.42 Å². The van der Waals surface area contributed by atoms with Crippen LogP contribution in [0.25, 0.3) is 0 Å². The van der Waals surface area contributed by atoms with Gasteiger partial charge in [-0.15, -0.1) is 0 Å². The molecule has 0 fully saturated rings. The SMILES string of the molecule is CC(NCCc1ncno1)c1cccnc1. The quantitative estimate of drug-likeness (QED) is 0.820. The van der Waals surface area contributed by atoms with Crippen molar-refractivity contribution in [1.82, 2.24) is 20.4 Å². The fraction of sp³-hybridized carbons (Fsp3) is 0.364. The van der Waals surface area contributed by atoms with Crippen molar-refractivity contribution in [2.24, 2.45) is 0 Å². The number of aromatic nitrogens is 3. The summed E-state index contributed by atoms with van der Waals surface area (Å²) in [6, 6.07) is 4.26. The fourth-order valence-corrected chi connectivity index (χ4v) is 1.45. The van der Waals surface area contributed by atoms with Gasteiger partial charge in [-0.2, -0.15) is 4.98 Å². The summed E-state index contributed by atoms with van der Waals surface area (Å²) in [7, 11) is 0. The van der Waals surface area contributed by atoms with Gasteiger partial charge in [0.1, 0.15) is 0 Å². The van der Waals surface area contributed by atoms with Crippen molar-refractivity contribution in [3.8, 4) is 0 Å². The molecule has 0 spiro atoms. The van der Waals surface area contributed by atoms with E-state index < -0.39 is 0 Å². The van der Waals surface area contributed by atoms with E-state index in [9.17, 15) is 0 Å². The van der Waals surface area contributed by atoms with Crippen LogP contribution in [0.2, 0.25) is 0 Å². The topological polar surface area (TPSA) is 63.8 Å². The molecule has 0 saturated carbocycles. The standard InChI is InChI=1S/C11H14N4O/c1-9(10-3-2-5-12-7-10)13-6-4-11-14-8-15-16-11/h2-3,5,7-9,13H,4,6H2,1H3. The molecule has 0 radical (unpaired) electrons. The van der Waals surface area contributed by atoms with Crippen molar-refractivity contribution < 1.29 is 4.52 Å². The van der Waals surface area contributed by atoms with Gasteiger partial charge in [0.05, 0.1) is 0 Å². The van der Waals surface area contributed by atoms with Gasteiger partial charge in [-0.25, -0.2) is 0 Å². The van der Waals surface area contributed by atoms with Crippen LogP contribution in [0.1, 0.15) is 24.4 Å². The fourth-order valence-electron chi connectivity index (χ4n) is 1.45. The van der Waals surface area contributed by atoms with Gasteiger partial charge in [-0.3, -0.25) is 4.98 Å². The van der Waals surface area contributed by atoms with Crippen molar-refractivity contribution >= 4 is 0 Å². The molecule has 0 aliphatic heterocycles. The monoisotopic (exact) mass is 218 g/mol. The Kier molecular flexibility index (Phi) is 3.61. The van der Waals surface area contributed by atoms with Gasteiger partial charge in [-0.05, 0) is 18.6 Å². The molecule has 5 heteroatoms. The number of hydrogen-bond donors (Lipinski definition) is 1. The number of nitrogens with one attached hydrogen (secondary N) is 1. The first-order chi connectivity index (χ1) is 7.86. The van der Waals surface area contributed by atoms with Crippen LogP contribution >= 0.6 is 0 Å². The largest absolute Gasteiger partial charge is 0.340 e. The van der Waals surface area contributed by atoms with E-state index in [0.717, 1.165) is 13.0 Å². The lowest BCUT2D eigenvalue weighted by molar-refractivity contribution is 0.372. The highest BCUT2D eigenvalue weighted by Gasteiger charge is 2.05. The highest BCUT2D eigenvalue weighted by molar-refractivity contribution is 5.12. The molecule has 5 nitrogen and oxygen atoms in total. The first-order valence-corrected chi connectivity index (χ1v) is 5.25. The molecular weight excluding hydrogens is 204 g/mol.